The fourth-order valence-corrected chi connectivity index (χ4v) is 3.91. The molecule has 32 heavy (non-hydrogen) atoms. The first kappa shape index (κ1) is 33.7. The molecule has 194 valence electrons. The fraction of sp³-hybridized carbons (Fsp3) is 0.958. The van der Waals surface area contributed by atoms with Crippen LogP contribution in [0.25, 0.3) is 0 Å². The zero-order valence-electron chi connectivity index (χ0n) is 21.0. The number of unbranched alkanes of at least 4 members (excludes halogenated alkanes) is 10. The number of hydrogen-bond donors (Lipinski definition) is 5. The highest BCUT2D eigenvalue weighted by Gasteiger charge is 2.24. The van der Waals surface area contributed by atoms with Crippen LogP contribution in [0.4, 0.5) is 0 Å². The SMILES string of the molecule is CCCCCCCCC(N)(N)CCN(CCC(N)(N)CCCCCCCC)CC(=O)O.Cl. The van der Waals surface area contributed by atoms with Crippen molar-refractivity contribution in [2.24, 2.45) is 22.9 Å². The number of carboxylic acid groups (broad SMARTS) is 1. The van der Waals surface area contributed by atoms with Gasteiger partial charge in [0.05, 0.1) is 17.9 Å². The van der Waals surface area contributed by atoms with Crippen molar-refractivity contribution in [3.8, 4) is 0 Å². The van der Waals surface area contributed by atoms with Gasteiger partial charge < -0.3 is 28.0 Å². The van der Waals surface area contributed by atoms with Crippen LogP contribution in [0.2, 0.25) is 0 Å². The van der Waals surface area contributed by atoms with E-state index >= 15 is 0 Å². The number of nitrogens with two attached hydrogens (primary N) is 4. The van der Waals surface area contributed by atoms with E-state index in [1.165, 1.54) is 51.4 Å². The van der Waals surface area contributed by atoms with Crippen LogP contribution in [0.15, 0.2) is 0 Å². The predicted molar refractivity (Wildman–Crippen MR) is 139 cm³/mol. The summed E-state index contributed by atoms with van der Waals surface area (Å²) in [4.78, 5) is 13.2. The third-order valence-corrected chi connectivity index (χ3v) is 6.14. The van der Waals surface area contributed by atoms with Crippen LogP contribution < -0.4 is 22.9 Å². The Morgan fingerprint density at radius 3 is 1.34 bits per heavy atom. The van der Waals surface area contributed by atoms with Crippen molar-refractivity contribution >= 4 is 18.4 Å². The lowest BCUT2D eigenvalue weighted by atomic mass is 9.97. The molecule has 0 aromatic heterocycles. The summed E-state index contributed by atoms with van der Waals surface area (Å²) in [5.41, 5.74) is 23.6. The molecule has 0 heterocycles. The summed E-state index contributed by atoms with van der Waals surface area (Å²) in [6, 6.07) is 0. The molecule has 0 aliphatic heterocycles. The maximum absolute atomic E-state index is 11.3. The van der Waals surface area contributed by atoms with Crippen molar-refractivity contribution in [2.75, 3.05) is 19.6 Å². The van der Waals surface area contributed by atoms with Crippen LogP contribution in [-0.4, -0.2) is 46.9 Å². The highest BCUT2D eigenvalue weighted by atomic mass is 35.5. The Hall–Kier alpha value is -0.440. The van der Waals surface area contributed by atoms with Crippen LogP contribution in [0.1, 0.15) is 117 Å². The molecule has 0 fully saturated rings. The average Bonchev–Trinajstić information content (AvgIpc) is 2.69. The zero-order valence-corrected chi connectivity index (χ0v) is 21.8. The van der Waals surface area contributed by atoms with E-state index in [1.54, 1.807) is 0 Å². The van der Waals surface area contributed by atoms with Gasteiger partial charge >= 0.3 is 5.97 Å². The van der Waals surface area contributed by atoms with Crippen molar-refractivity contribution in [3.63, 3.8) is 0 Å². The van der Waals surface area contributed by atoms with E-state index in [1.807, 2.05) is 4.90 Å². The molecule has 0 saturated heterocycles. The highest BCUT2D eigenvalue weighted by molar-refractivity contribution is 5.85. The summed E-state index contributed by atoms with van der Waals surface area (Å²) in [6.45, 7) is 5.47. The minimum atomic E-state index is -0.855. The number of carbonyl (C=O) groups is 1. The molecule has 0 radical (unpaired) electrons. The third kappa shape index (κ3) is 21.4. The summed E-state index contributed by atoms with van der Waals surface area (Å²) in [5.74, 6) is -0.855. The van der Waals surface area contributed by atoms with Crippen LogP contribution in [-0.2, 0) is 4.79 Å². The number of hydrogen-bond acceptors (Lipinski definition) is 6. The standard InChI is InChI=1S/C24H53N5O2.ClH/c1-3-5-7-9-11-13-15-23(25,26)17-19-29(21-22(30)31)20-18-24(27,28)16-14-12-10-8-6-4-2;/h3-21,25-28H2,1-2H3,(H,30,31);1H. The van der Waals surface area contributed by atoms with Gasteiger partial charge in [-0.25, -0.2) is 0 Å². The van der Waals surface area contributed by atoms with Crippen LogP contribution in [0.3, 0.4) is 0 Å². The quantitative estimate of drug-likeness (QED) is 0.115. The molecule has 0 aromatic carbocycles. The molecule has 0 unspecified atom stereocenters. The Morgan fingerprint density at radius 1 is 0.656 bits per heavy atom. The Balaban J connectivity index is 0. The van der Waals surface area contributed by atoms with Gasteiger partial charge in [-0.1, -0.05) is 90.9 Å². The zero-order chi connectivity index (χ0) is 23.6. The first-order valence-corrected chi connectivity index (χ1v) is 12.7. The summed E-state index contributed by atoms with van der Waals surface area (Å²) in [7, 11) is 0. The third-order valence-electron chi connectivity index (χ3n) is 6.14. The van der Waals surface area contributed by atoms with E-state index in [9.17, 15) is 9.90 Å². The van der Waals surface area contributed by atoms with E-state index in [2.05, 4.69) is 13.8 Å². The topological polar surface area (TPSA) is 145 Å². The maximum atomic E-state index is 11.3. The first-order chi connectivity index (χ1) is 14.6. The number of carboxylic acids is 1. The van der Waals surface area contributed by atoms with Crippen molar-refractivity contribution < 1.29 is 9.90 Å². The van der Waals surface area contributed by atoms with Crippen LogP contribution >= 0.6 is 12.4 Å². The Bertz CT molecular complexity index is 418. The van der Waals surface area contributed by atoms with E-state index in [0.29, 0.717) is 25.9 Å². The van der Waals surface area contributed by atoms with E-state index in [0.717, 1.165) is 38.5 Å². The Labute approximate surface area is 203 Å². The highest BCUT2D eigenvalue weighted by Crippen LogP contribution is 2.16. The lowest BCUT2D eigenvalue weighted by Crippen LogP contribution is -2.53. The molecular formula is C24H54ClN5O2. The second-order valence-electron chi connectivity index (χ2n) is 9.67. The number of rotatable bonds is 22. The summed E-state index contributed by atoms with van der Waals surface area (Å²) in [5, 5.41) is 9.26. The molecule has 0 bridgehead atoms. The maximum Gasteiger partial charge on any atom is 0.317 e. The summed E-state index contributed by atoms with van der Waals surface area (Å²) >= 11 is 0. The van der Waals surface area contributed by atoms with Crippen molar-refractivity contribution in [1.29, 1.82) is 0 Å². The van der Waals surface area contributed by atoms with Crippen molar-refractivity contribution in [1.82, 2.24) is 4.90 Å². The fourth-order valence-electron chi connectivity index (χ4n) is 3.91. The first-order valence-electron chi connectivity index (χ1n) is 12.7. The van der Waals surface area contributed by atoms with Gasteiger partial charge in [0.25, 0.3) is 0 Å². The van der Waals surface area contributed by atoms with Gasteiger partial charge in [0.15, 0.2) is 0 Å². The molecule has 9 N–H and O–H groups in total. The normalized spacial score (nSPS) is 12.2. The summed E-state index contributed by atoms with van der Waals surface area (Å²) < 4.78 is 0. The molecule has 0 amide bonds. The number of halogens is 1. The minimum absolute atomic E-state index is 0. The van der Waals surface area contributed by atoms with Gasteiger partial charge in [-0.2, -0.15) is 0 Å². The van der Waals surface area contributed by atoms with Crippen LogP contribution in [0.5, 0.6) is 0 Å². The lowest BCUT2D eigenvalue weighted by molar-refractivity contribution is -0.138. The van der Waals surface area contributed by atoms with Gasteiger partial charge in [-0.15, -0.1) is 12.4 Å². The molecule has 0 aromatic rings. The van der Waals surface area contributed by atoms with E-state index in [4.69, 9.17) is 22.9 Å². The monoisotopic (exact) mass is 479 g/mol. The van der Waals surface area contributed by atoms with Gasteiger partial charge in [-0.3, -0.25) is 9.69 Å². The number of nitrogens with zero attached hydrogens (tertiary/aromatic N) is 1. The largest absolute Gasteiger partial charge is 0.480 e. The molecule has 0 saturated carbocycles. The molecule has 7 nitrogen and oxygen atoms in total. The second kappa shape index (κ2) is 20.0. The predicted octanol–water partition coefficient (Wildman–Crippen LogP) is 4.30. The molecular weight excluding hydrogens is 426 g/mol. The Morgan fingerprint density at radius 2 is 1.00 bits per heavy atom. The van der Waals surface area contributed by atoms with Crippen molar-refractivity contribution in [2.45, 2.75) is 128 Å². The van der Waals surface area contributed by atoms with Gasteiger partial charge in [-0.05, 0) is 25.7 Å². The summed E-state index contributed by atoms with van der Waals surface area (Å²) in [6.07, 6.45) is 17.0. The molecule has 0 spiro atoms. The number of aliphatic carboxylic acids is 1. The second-order valence-corrected chi connectivity index (χ2v) is 9.67. The van der Waals surface area contributed by atoms with Crippen molar-refractivity contribution in [3.05, 3.63) is 0 Å². The molecule has 8 heteroatoms. The molecule has 0 aliphatic rings. The minimum Gasteiger partial charge on any atom is -0.480 e. The Kier molecular flexibility index (Phi) is 21.1. The van der Waals surface area contributed by atoms with Gasteiger partial charge in [0.1, 0.15) is 0 Å². The van der Waals surface area contributed by atoms with Gasteiger partial charge in [0, 0.05) is 13.1 Å². The lowest BCUT2D eigenvalue weighted by Gasteiger charge is -2.31. The molecule has 0 rings (SSSR count). The molecule has 0 atom stereocenters. The molecule has 0 aliphatic carbocycles. The smallest absolute Gasteiger partial charge is 0.317 e. The van der Waals surface area contributed by atoms with E-state index in [-0.39, 0.29) is 19.0 Å². The van der Waals surface area contributed by atoms with E-state index < -0.39 is 17.3 Å². The van der Waals surface area contributed by atoms with Crippen LogP contribution in [0, 0.1) is 0 Å². The van der Waals surface area contributed by atoms with Gasteiger partial charge in [0.2, 0.25) is 0 Å². The average molecular weight is 480 g/mol.